The third-order valence-electron chi connectivity index (χ3n) is 4.93. The third-order valence-corrected chi connectivity index (χ3v) is 4.93. The average molecular weight is 270 g/mol. The number of aryl methyl sites for hydroxylation is 1. The molecule has 0 saturated carbocycles. The molecule has 0 amide bonds. The van der Waals surface area contributed by atoms with Gasteiger partial charge in [-0.05, 0) is 74.8 Å². The Labute approximate surface area is 122 Å². The Kier molecular flexibility index (Phi) is 4.57. The molecule has 0 saturated heterocycles. The van der Waals surface area contributed by atoms with Gasteiger partial charge in [0, 0.05) is 0 Å². The van der Waals surface area contributed by atoms with Crippen molar-refractivity contribution in [3.8, 4) is 0 Å². The number of hydrogen-bond acceptors (Lipinski definition) is 1. The van der Waals surface area contributed by atoms with Crippen LogP contribution in [-0.4, -0.2) is 11.2 Å². The second-order valence-corrected chi connectivity index (χ2v) is 6.49. The molecule has 0 heterocycles. The molecule has 108 valence electrons. The summed E-state index contributed by atoms with van der Waals surface area (Å²) in [5.41, 5.74) is 4.50. The lowest BCUT2D eigenvalue weighted by molar-refractivity contribution is 0.150. The fourth-order valence-electron chi connectivity index (χ4n) is 3.90. The van der Waals surface area contributed by atoms with E-state index in [0.29, 0.717) is 5.92 Å². The Morgan fingerprint density at radius 1 is 1.10 bits per heavy atom. The zero-order valence-corrected chi connectivity index (χ0v) is 12.4. The van der Waals surface area contributed by atoms with Crippen molar-refractivity contribution < 1.29 is 5.11 Å². The molecule has 0 aromatic heterocycles. The molecule has 1 N–H and O–H groups in total. The number of allylic oxidation sites excluding steroid dienone is 1. The smallest absolute Gasteiger partial charge is 0.0583 e. The molecule has 2 unspecified atom stereocenters. The molecular weight excluding hydrogens is 244 g/mol. The summed E-state index contributed by atoms with van der Waals surface area (Å²) in [6.07, 6.45) is 12.8. The zero-order chi connectivity index (χ0) is 13.8. The molecule has 20 heavy (non-hydrogen) atoms. The molecule has 0 spiro atoms. The summed E-state index contributed by atoms with van der Waals surface area (Å²) in [5, 5.41) is 10.4. The minimum Gasteiger partial charge on any atom is -0.393 e. The van der Waals surface area contributed by atoms with Crippen molar-refractivity contribution >= 4 is 0 Å². The molecule has 0 fully saturated rings. The molecule has 0 radical (unpaired) electrons. The average Bonchev–Trinajstić information content (AvgIpc) is 2.48. The monoisotopic (exact) mass is 270 g/mol. The highest BCUT2D eigenvalue weighted by molar-refractivity contribution is 5.32. The van der Waals surface area contributed by atoms with Gasteiger partial charge < -0.3 is 5.11 Å². The summed E-state index contributed by atoms with van der Waals surface area (Å²) in [6.45, 7) is 0. The lowest BCUT2D eigenvalue weighted by Crippen LogP contribution is -2.17. The Hall–Kier alpha value is -1.08. The van der Waals surface area contributed by atoms with Gasteiger partial charge in [-0.2, -0.15) is 0 Å². The lowest BCUT2D eigenvalue weighted by Gasteiger charge is -2.28. The summed E-state index contributed by atoms with van der Waals surface area (Å²) in [6, 6.07) is 8.82. The highest BCUT2D eigenvalue weighted by atomic mass is 16.3. The third kappa shape index (κ3) is 3.32. The number of aliphatic hydroxyl groups is 1. The Morgan fingerprint density at radius 2 is 2.00 bits per heavy atom. The van der Waals surface area contributed by atoms with Gasteiger partial charge in [0.25, 0.3) is 0 Å². The highest BCUT2D eigenvalue weighted by Crippen LogP contribution is 2.35. The fraction of sp³-hybridized carbons (Fsp3) is 0.579. The first-order valence-electron chi connectivity index (χ1n) is 8.26. The number of rotatable bonds is 4. The van der Waals surface area contributed by atoms with Gasteiger partial charge in [0.15, 0.2) is 0 Å². The maximum absolute atomic E-state index is 10.4. The van der Waals surface area contributed by atoms with Crippen molar-refractivity contribution in [1.29, 1.82) is 0 Å². The van der Waals surface area contributed by atoms with E-state index in [-0.39, 0.29) is 6.10 Å². The van der Waals surface area contributed by atoms with E-state index < -0.39 is 0 Å². The van der Waals surface area contributed by atoms with Crippen LogP contribution in [0.2, 0.25) is 0 Å². The van der Waals surface area contributed by atoms with Crippen molar-refractivity contribution in [3.05, 3.63) is 47.0 Å². The quantitative estimate of drug-likeness (QED) is 0.783. The number of aliphatic hydroxyl groups excluding tert-OH is 1. The number of fused-ring (bicyclic) bond motifs is 1. The minimum absolute atomic E-state index is 0.157. The Balaban J connectivity index is 1.62. The van der Waals surface area contributed by atoms with Crippen LogP contribution >= 0.6 is 0 Å². The van der Waals surface area contributed by atoms with E-state index in [1.807, 2.05) is 0 Å². The molecule has 1 aromatic rings. The van der Waals surface area contributed by atoms with Gasteiger partial charge in [0.2, 0.25) is 0 Å². The summed E-state index contributed by atoms with van der Waals surface area (Å²) < 4.78 is 0. The van der Waals surface area contributed by atoms with E-state index in [1.165, 1.54) is 61.6 Å². The topological polar surface area (TPSA) is 20.2 Å². The molecule has 2 aliphatic rings. The van der Waals surface area contributed by atoms with Crippen LogP contribution in [0.15, 0.2) is 35.9 Å². The van der Waals surface area contributed by atoms with Gasteiger partial charge in [-0.1, -0.05) is 35.9 Å². The van der Waals surface area contributed by atoms with Crippen LogP contribution < -0.4 is 0 Å². The maximum atomic E-state index is 10.4. The van der Waals surface area contributed by atoms with Crippen molar-refractivity contribution in [2.45, 2.75) is 69.8 Å². The predicted octanol–water partition coefficient (Wildman–Crippen LogP) is 4.75. The van der Waals surface area contributed by atoms with Gasteiger partial charge >= 0.3 is 0 Å². The first-order chi connectivity index (χ1) is 9.83. The highest BCUT2D eigenvalue weighted by Gasteiger charge is 2.23. The van der Waals surface area contributed by atoms with E-state index in [0.717, 1.165) is 12.8 Å². The Bertz CT molecular complexity index is 474. The molecular formula is C19H26O. The van der Waals surface area contributed by atoms with Crippen LogP contribution in [0.5, 0.6) is 0 Å². The van der Waals surface area contributed by atoms with Gasteiger partial charge in [0.05, 0.1) is 6.10 Å². The number of hydrogen-bond donors (Lipinski definition) is 1. The van der Waals surface area contributed by atoms with Gasteiger partial charge in [-0.15, -0.1) is 0 Å². The standard InChI is InChI=1S/C19H26O/c20-18(13-15-7-2-1-3-8-15)14-17-11-6-10-16-9-4-5-12-19(16)17/h4-5,7,9,12,17-18,20H,1-3,6,8,10-11,13-14H2. The first kappa shape index (κ1) is 13.9. The largest absolute Gasteiger partial charge is 0.393 e. The van der Waals surface area contributed by atoms with Crippen LogP contribution in [-0.2, 0) is 6.42 Å². The summed E-state index contributed by atoms with van der Waals surface area (Å²) in [5.74, 6) is 0.569. The second-order valence-electron chi connectivity index (χ2n) is 6.49. The van der Waals surface area contributed by atoms with Crippen LogP contribution in [0.3, 0.4) is 0 Å². The van der Waals surface area contributed by atoms with Crippen LogP contribution in [0.4, 0.5) is 0 Å². The van der Waals surface area contributed by atoms with E-state index in [2.05, 4.69) is 30.3 Å². The first-order valence-corrected chi connectivity index (χ1v) is 8.26. The van der Waals surface area contributed by atoms with E-state index in [4.69, 9.17) is 0 Å². The Morgan fingerprint density at radius 3 is 2.85 bits per heavy atom. The van der Waals surface area contributed by atoms with Crippen LogP contribution in [0.1, 0.15) is 68.4 Å². The van der Waals surface area contributed by atoms with Gasteiger partial charge in [0.1, 0.15) is 0 Å². The molecule has 1 heteroatoms. The second kappa shape index (κ2) is 6.58. The molecule has 3 rings (SSSR count). The van der Waals surface area contributed by atoms with Crippen molar-refractivity contribution in [2.75, 3.05) is 0 Å². The number of benzene rings is 1. The van der Waals surface area contributed by atoms with Gasteiger partial charge in [-0.3, -0.25) is 0 Å². The van der Waals surface area contributed by atoms with E-state index >= 15 is 0 Å². The molecule has 1 nitrogen and oxygen atoms in total. The maximum Gasteiger partial charge on any atom is 0.0583 e. The van der Waals surface area contributed by atoms with E-state index in [9.17, 15) is 5.11 Å². The molecule has 2 atom stereocenters. The van der Waals surface area contributed by atoms with Crippen molar-refractivity contribution in [1.82, 2.24) is 0 Å². The summed E-state index contributed by atoms with van der Waals surface area (Å²) in [7, 11) is 0. The lowest BCUT2D eigenvalue weighted by atomic mass is 9.79. The van der Waals surface area contributed by atoms with Crippen molar-refractivity contribution in [3.63, 3.8) is 0 Å². The normalized spacial score (nSPS) is 23.9. The summed E-state index contributed by atoms with van der Waals surface area (Å²) >= 11 is 0. The van der Waals surface area contributed by atoms with E-state index in [1.54, 1.807) is 0 Å². The molecule has 2 aliphatic carbocycles. The molecule has 0 bridgehead atoms. The predicted molar refractivity (Wildman–Crippen MR) is 83.9 cm³/mol. The minimum atomic E-state index is -0.157. The van der Waals surface area contributed by atoms with Gasteiger partial charge in [-0.25, -0.2) is 0 Å². The van der Waals surface area contributed by atoms with Crippen molar-refractivity contribution in [2.24, 2.45) is 0 Å². The van der Waals surface area contributed by atoms with Crippen LogP contribution in [0, 0.1) is 0 Å². The molecule has 0 aliphatic heterocycles. The summed E-state index contributed by atoms with van der Waals surface area (Å²) in [4.78, 5) is 0. The zero-order valence-electron chi connectivity index (χ0n) is 12.4. The SMILES string of the molecule is OC(CC1=CCCCC1)CC1CCCc2ccccc21. The molecule has 1 aromatic carbocycles. The fourth-order valence-corrected chi connectivity index (χ4v) is 3.90. The van der Waals surface area contributed by atoms with Crippen LogP contribution in [0.25, 0.3) is 0 Å².